The first-order chi connectivity index (χ1) is 22.5. The van der Waals surface area contributed by atoms with Gasteiger partial charge < -0.3 is 21.7 Å². The molecule has 0 aliphatic rings. The number of aromatic hydroxyl groups is 2. The topological polar surface area (TPSA) is 150 Å². The predicted octanol–water partition coefficient (Wildman–Crippen LogP) is 8.24. The molecule has 2 aromatic heterocycles. The highest BCUT2D eigenvalue weighted by Crippen LogP contribution is 2.38. The lowest BCUT2D eigenvalue weighted by Crippen LogP contribution is -2.34. The molecule has 0 fully saturated rings. The molecular weight excluding hydrogens is 576 g/mol. The molecule has 0 saturated heterocycles. The number of azo groups is 2. The fourth-order valence-electron chi connectivity index (χ4n) is 5.52. The third-order valence-electron chi connectivity index (χ3n) is 7.99. The van der Waals surface area contributed by atoms with Crippen molar-refractivity contribution in [2.45, 2.75) is 38.8 Å². The Hall–Kier alpha value is -5.90. The maximum absolute atomic E-state index is 10.3. The summed E-state index contributed by atoms with van der Waals surface area (Å²) in [7, 11) is 0. The number of nitrogen functional groups attached to an aromatic ring is 2. The monoisotopic (exact) mass is 612 g/mol. The highest BCUT2D eigenvalue weighted by molar-refractivity contribution is 6.03. The lowest BCUT2D eigenvalue weighted by atomic mass is 10.1. The summed E-state index contributed by atoms with van der Waals surface area (Å²) in [5.41, 5.74) is 13.9. The summed E-state index contributed by atoms with van der Waals surface area (Å²) in [6.07, 6.45) is 8.10. The summed E-state index contributed by atoms with van der Waals surface area (Å²) >= 11 is 0. The number of phenols is 2. The molecule has 2 heterocycles. The Morgan fingerprint density at radius 3 is 1.30 bits per heavy atom. The van der Waals surface area contributed by atoms with Gasteiger partial charge in [-0.05, 0) is 48.0 Å². The van der Waals surface area contributed by atoms with Crippen molar-refractivity contribution >= 4 is 55.9 Å². The van der Waals surface area contributed by atoms with Crippen molar-refractivity contribution in [3.63, 3.8) is 0 Å². The van der Waals surface area contributed by atoms with Crippen LogP contribution in [0, 0.1) is 0 Å². The number of aryl methyl sites for hydroxylation is 2. The lowest BCUT2D eigenvalue weighted by Gasteiger charge is -2.06. The minimum absolute atomic E-state index is 0.00634. The number of hydrogen-bond donors (Lipinski definition) is 4. The highest BCUT2D eigenvalue weighted by atomic mass is 16.3. The molecule has 0 unspecified atom stereocenters. The van der Waals surface area contributed by atoms with E-state index >= 15 is 0 Å². The Labute approximate surface area is 266 Å². The number of nitrogens with zero attached hydrogens (tertiary/aromatic N) is 6. The summed E-state index contributed by atoms with van der Waals surface area (Å²) < 4.78 is 4.18. The molecule has 0 amide bonds. The van der Waals surface area contributed by atoms with Gasteiger partial charge in [-0.3, -0.25) is 0 Å². The van der Waals surface area contributed by atoms with Crippen LogP contribution in [-0.2, 0) is 13.1 Å². The molecule has 0 spiro atoms. The molecule has 0 atom stereocenters. The van der Waals surface area contributed by atoms with Crippen LogP contribution < -0.4 is 20.6 Å². The fourth-order valence-corrected chi connectivity index (χ4v) is 5.52. The van der Waals surface area contributed by atoms with Crippen molar-refractivity contribution in [2.24, 2.45) is 20.5 Å². The first-order valence-electron chi connectivity index (χ1n) is 15.3. The zero-order chi connectivity index (χ0) is 31.9. The van der Waals surface area contributed by atoms with Crippen molar-refractivity contribution in [2.75, 3.05) is 11.5 Å². The van der Waals surface area contributed by atoms with E-state index in [1.54, 1.807) is 12.1 Å². The Morgan fingerprint density at radius 2 is 0.870 bits per heavy atom. The van der Waals surface area contributed by atoms with Crippen LogP contribution in [0.4, 0.5) is 34.4 Å². The molecule has 6 rings (SSSR count). The largest absolute Gasteiger partial charge is 0.506 e. The molecule has 230 valence electrons. The van der Waals surface area contributed by atoms with Crippen molar-refractivity contribution in [1.82, 2.24) is 0 Å². The zero-order valence-electron chi connectivity index (χ0n) is 25.4. The number of anilines is 2. The Bertz CT molecular complexity index is 1930. The molecule has 6 aromatic rings. The predicted molar refractivity (Wildman–Crippen MR) is 180 cm³/mol. The van der Waals surface area contributed by atoms with E-state index in [0.29, 0.717) is 22.7 Å². The van der Waals surface area contributed by atoms with Crippen LogP contribution in [0.1, 0.15) is 25.7 Å². The molecule has 4 aromatic carbocycles. The number of aromatic nitrogens is 2. The molecular formula is C36H36N8O2+2. The van der Waals surface area contributed by atoms with Gasteiger partial charge in [0.2, 0.25) is 0 Å². The van der Waals surface area contributed by atoms with E-state index in [4.69, 9.17) is 11.5 Å². The van der Waals surface area contributed by atoms with E-state index in [0.717, 1.165) is 72.0 Å². The minimum Gasteiger partial charge on any atom is -0.506 e. The van der Waals surface area contributed by atoms with Gasteiger partial charge in [0.15, 0.2) is 0 Å². The van der Waals surface area contributed by atoms with E-state index in [1.165, 1.54) is 0 Å². The third-order valence-corrected chi connectivity index (χ3v) is 7.99. The van der Waals surface area contributed by atoms with Crippen molar-refractivity contribution in [1.29, 1.82) is 0 Å². The smallest absolute Gasteiger partial charge is 0.350 e. The second-order valence-electron chi connectivity index (χ2n) is 11.1. The maximum Gasteiger partial charge on any atom is 0.350 e. The van der Waals surface area contributed by atoms with Gasteiger partial charge in [0, 0.05) is 45.8 Å². The normalized spacial score (nSPS) is 11.7. The lowest BCUT2D eigenvalue weighted by molar-refractivity contribution is -0.686. The molecule has 6 N–H and O–H groups in total. The summed E-state index contributed by atoms with van der Waals surface area (Å²) in [5.74, 6) is 1.46. The van der Waals surface area contributed by atoms with Crippen molar-refractivity contribution in [3.05, 3.63) is 109 Å². The van der Waals surface area contributed by atoms with Crippen LogP contribution >= 0.6 is 0 Å². The SMILES string of the molecule is Nc1c(O)cc(N=Nc2cccc[n+]2CCCCCC[n+]2ccccc2N=Nc2cc(O)c(N)c3ccccc23)c2ccccc12. The van der Waals surface area contributed by atoms with Gasteiger partial charge in [0.25, 0.3) is 0 Å². The first kappa shape index (κ1) is 30.1. The average Bonchev–Trinajstić information content (AvgIpc) is 3.09. The van der Waals surface area contributed by atoms with Crippen LogP contribution in [0.2, 0.25) is 0 Å². The van der Waals surface area contributed by atoms with Gasteiger partial charge in [-0.15, -0.1) is 0 Å². The van der Waals surface area contributed by atoms with E-state index < -0.39 is 0 Å². The minimum atomic E-state index is -0.00634. The molecule has 0 saturated carbocycles. The molecule has 10 heteroatoms. The van der Waals surface area contributed by atoms with Gasteiger partial charge in [0.1, 0.15) is 22.9 Å². The number of phenolic OH excluding ortho intramolecular Hbond substituents is 2. The van der Waals surface area contributed by atoms with Crippen LogP contribution in [0.3, 0.4) is 0 Å². The average molecular weight is 613 g/mol. The Balaban J connectivity index is 1.05. The Morgan fingerprint density at radius 1 is 0.478 bits per heavy atom. The van der Waals surface area contributed by atoms with E-state index in [9.17, 15) is 10.2 Å². The third kappa shape index (κ3) is 6.61. The van der Waals surface area contributed by atoms with Crippen LogP contribution in [-0.4, -0.2) is 10.2 Å². The van der Waals surface area contributed by atoms with Crippen molar-refractivity contribution < 1.29 is 19.3 Å². The van der Waals surface area contributed by atoms with Gasteiger partial charge in [-0.2, -0.15) is 0 Å². The number of pyridine rings is 2. The van der Waals surface area contributed by atoms with E-state index in [1.807, 2.05) is 97.3 Å². The fraction of sp³-hybridized carbons (Fsp3) is 0.167. The number of rotatable bonds is 11. The second-order valence-corrected chi connectivity index (χ2v) is 11.1. The Kier molecular flexibility index (Phi) is 9.05. The molecule has 10 nitrogen and oxygen atoms in total. The number of fused-ring (bicyclic) bond motifs is 2. The molecule has 0 bridgehead atoms. The zero-order valence-corrected chi connectivity index (χ0v) is 25.4. The highest BCUT2D eigenvalue weighted by Gasteiger charge is 2.14. The number of nitrogens with two attached hydrogens (primary N) is 2. The molecule has 46 heavy (non-hydrogen) atoms. The summed E-state index contributed by atoms with van der Waals surface area (Å²) in [6, 6.07) is 30.0. The summed E-state index contributed by atoms with van der Waals surface area (Å²) in [5, 5.41) is 41.7. The number of unbranched alkanes of at least 4 members (excludes halogenated alkanes) is 3. The number of benzene rings is 4. The van der Waals surface area contributed by atoms with Crippen LogP contribution in [0.15, 0.2) is 130 Å². The number of hydrogen-bond acceptors (Lipinski definition) is 8. The second kappa shape index (κ2) is 13.8. The summed E-state index contributed by atoms with van der Waals surface area (Å²) in [4.78, 5) is 0. The standard InChI is InChI=1S/C36H34N8O2/c37-35-27-15-5-3-13-25(27)29(23-31(35)45)39-41-33-17-7-11-21-43(33)19-9-1-2-10-20-44-22-12-8-18-34(44)42-40-30-24-32(46)36(38)28-16-6-4-14-26(28)30/h3-8,11-18,21-24,37-38H,1-2,9-10,19-20H2,(H2,39,40,45,46)/p+2. The van der Waals surface area contributed by atoms with Crippen molar-refractivity contribution in [3.8, 4) is 11.5 Å². The van der Waals surface area contributed by atoms with Gasteiger partial charge >= 0.3 is 11.6 Å². The molecule has 0 aliphatic carbocycles. The first-order valence-corrected chi connectivity index (χ1v) is 15.3. The van der Waals surface area contributed by atoms with E-state index in [-0.39, 0.29) is 11.5 Å². The quantitative estimate of drug-likeness (QED) is 0.0383. The van der Waals surface area contributed by atoms with Crippen LogP contribution in [0.5, 0.6) is 11.5 Å². The van der Waals surface area contributed by atoms with Gasteiger partial charge in [-0.1, -0.05) is 60.7 Å². The van der Waals surface area contributed by atoms with Gasteiger partial charge in [0.05, 0.1) is 47.1 Å². The summed E-state index contributed by atoms with van der Waals surface area (Å²) in [6.45, 7) is 1.62. The molecule has 0 radical (unpaired) electrons. The van der Waals surface area contributed by atoms with Crippen LogP contribution in [0.25, 0.3) is 21.5 Å². The molecule has 0 aliphatic heterocycles. The van der Waals surface area contributed by atoms with E-state index in [2.05, 4.69) is 29.6 Å². The van der Waals surface area contributed by atoms with Gasteiger partial charge in [-0.25, -0.2) is 9.13 Å². The maximum atomic E-state index is 10.3.